The van der Waals surface area contributed by atoms with Crippen LogP contribution in [0.1, 0.15) is 29.2 Å². The van der Waals surface area contributed by atoms with Crippen LogP contribution in [0, 0.1) is 13.8 Å². The summed E-state index contributed by atoms with van der Waals surface area (Å²) in [6.45, 7) is 5.62. The number of oxime groups is 1. The number of hydrogen-bond donors (Lipinski definition) is 0. The van der Waals surface area contributed by atoms with E-state index in [4.69, 9.17) is 25.9 Å². The van der Waals surface area contributed by atoms with Crippen LogP contribution in [-0.4, -0.2) is 42.3 Å². The van der Waals surface area contributed by atoms with Gasteiger partial charge in [0.25, 0.3) is 5.91 Å². The summed E-state index contributed by atoms with van der Waals surface area (Å²) in [4.78, 5) is 30.6. The van der Waals surface area contributed by atoms with Crippen molar-refractivity contribution < 1.29 is 23.9 Å². The van der Waals surface area contributed by atoms with E-state index >= 15 is 0 Å². The molecule has 0 heterocycles. The van der Waals surface area contributed by atoms with Crippen LogP contribution < -0.4 is 4.74 Å². The Morgan fingerprint density at radius 3 is 2.53 bits per heavy atom. The Kier molecular flexibility index (Phi) is 8.24. The highest BCUT2D eigenvalue weighted by atomic mass is 35.5. The van der Waals surface area contributed by atoms with Crippen LogP contribution in [0.3, 0.4) is 0 Å². The summed E-state index contributed by atoms with van der Waals surface area (Å²) >= 11 is 5.68. The van der Waals surface area contributed by atoms with Gasteiger partial charge >= 0.3 is 6.09 Å². The molecule has 0 aliphatic rings. The number of imide groups is 1. The Balaban J connectivity index is 2.31. The third-order valence-electron chi connectivity index (χ3n) is 4.23. The highest BCUT2D eigenvalue weighted by molar-refractivity contribution is 6.47. The summed E-state index contributed by atoms with van der Waals surface area (Å²) in [6, 6.07) is 13.1. The van der Waals surface area contributed by atoms with Gasteiger partial charge in [0.2, 0.25) is 0 Å². The maximum atomic E-state index is 12.9. The van der Waals surface area contributed by atoms with Crippen molar-refractivity contribution in [2.45, 2.75) is 32.9 Å². The molecule has 8 heteroatoms. The van der Waals surface area contributed by atoms with Crippen LogP contribution in [0.4, 0.5) is 4.79 Å². The Morgan fingerprint density at radius 1 is 1.17 bits per heavy atom. The molecule has 30 heavy (non-hydrogen) atoms. The number of halogens is 1. The molecule has 0 aliphatic carbocycles. The number of rotatable bonds is 7. The van der Waals surface area contributed by atoms with Crippen LogP contribution in [0.5, 0.6) is 5.75 Å². The molecule has 1 unspecified atom stereocenters. The van der Waals surface area contributed by atoms with Gasteiger partial charge in [-0.3, -0.25) is 4.79 Å². The van der Waals surface area contributed by atoms with Gasteiger partial charge in [-0.1, -0.05) is 53.2 Å². The number of aryl methyl sites for hydroxylation is 2. The zero-order valence-corrected chi connectivity index (χ0v) is 18.4. The average molecular weight is 433 g/mol. The van der Waals surface area contributed by atoms with Crippen molar-refractivity contribution in [3.63, 3.8) is 0 Å². The molecule has 2 amide bonds. The van der Waals surface area contributed by atoms with Crippen molar-refractivity contribution in [2.24, 2.45) is 5.16 Å². The van der Waals surface area contributed by atoms with Gasteiger partial charge in [-0.05, 0) is 43.5 Å². The largest absolute Gasteiger partial charge is 0.489 e. The van der Waals surface area contributed by atoms with E-state index in [1.165, 1.54) is 21.1 Å². The molecule has 0 saturated heterocycles. The minimum Gasteiger partial charge on any atom is -0.489 e. The van der Waals surface area contributed by atoms with Gasteiger partial charge in [0.05, 0.1) is 0 Å². The molecule has 0 bridgehead atoms. The first-order valence-corrected chi connectivity index (χ1v) is 9.70. The Morgan fingerprint density at radius 2 is 1.87 bits per heavy atom. The summed E-state index contributed by atoms with van der Waals surface area (Å²) < 4.78 is 10.9. The number of carbonyl (C=O) groups excluding carboxylic acids is 2. The molecule has 7 nitrogen and oxygen atoms in total. The number of benzene rings is 2. The molecule has 0 fully saturated rings. The van der Waals surface area contributed by atoms with Crippen molar-refractivity contribution in [3.05, 3.63) is 64.7 Å². The fraction of sp³-hybridized carbons (Fsp3) is 0.318. The summed E-state index contributed by atoms with van der Waals surface area (Å²) in [5.74, 6) is 0.0523. The van der Waals surface area contributed by atoms with Gasteiger partial charge < -0.3 is 14.3 Å². The minimum absolute atomic E-state index is 0.0562. The topological polar surface area (TPSA) is 77.4 Å². The number of alkyl halides is 1. The van der Waals surface area contributed by atoms with Gasteiger partial charge in [0, 0.05) is 12.6 Å². The summed E-state index contributed by atoms with van der Waals surface area (Å²) in [5.41, 5.74) is 2.32. The average Bonchev–Trinajstić information content (AvgIpc) is 2.71. The Labute approximate surface area is 181 Å². The van der Waals surface area contributed by atoms with Gasteiger partial charge in [-0.25, -0.2) is 9.69 Å². The smallest absolute Gasteiger partial charge is 0.418 e. The second-order valence-electron chi connectivity index (χ2n) is 6.63. The number of amides is 2. The quantitative estimate of drug-likeness (QED) is 0.368. The van der Waals surface area contributed by atoms with Crippen LogP contribution in [0.25, 0.3) is 0 Å². The van der Waals surface area contributed by atoms with E-state index in [1.807, 2.05) is 44.2 Å². The molecule has 2 aromatic carbocycles. The molecule has 0 radical (unpaired) electrons. The van der Waals surface area contributed by atoms with E-state index in [2.05, 4.69) is 5.16 Å². The van der Waals surface area contributed by atoms with Crippen LogP contribution in [0.15, 0.2) is 47.6 Å². The lowest BCUT2D eigenvalue weighted by Crippen LogP contribution is -2.40. The maximum Gasteiger partial charge on any atom is 0.418 e. The number of likely N-dealkylation sites (N-methyl/N-ethyl adjacent to an activating group) is 1. The second-order valence-corrected chi connectivity index (χ2v) is 7.24. The van der Waals surface area contributed by atoms with Crippen molar-refractivity contribution in [2.75, 3.05) is 14.2 Å². The predicted octanol–water partition coefficient (Wildman–Crippen LogP) is 4.41. The van der Waals surface area contributed by atoms with E-state index in [0.717, 1.165) is 21.8 Å². The van der Waals surface area contributed by atoms with Gasteiger partial charge in [-0.2, -0.15) is 0 Å². The predicted molar refractivity (Wildman–Crippen MR) is 115 cm³/mol. The first-order chi connectivity index (χ1) is 14.2. The van der Waals surface area contributed by atoms with Crippen molar-refractivity contribution in [3.8, 4) is 5.75 Å². The van der Waals surface area contributed by atoms with Crippen LogP contribution in [0.2, 0.25) is 0 Å². The van der Waals surface area contributed by atoms with Gasteiger partial charge in [0.1, 0.15) is 19.5 Å². The number of ether oxygens (including phenoxy) is 2. The fourth-order valence-corrected chi connectivity index (χ4v) is 2.73. The molecule has 0 saturated carbocycles. The SMILES string of the molecule is CO/N=C(\C(=O)N(C)C(=O)OC(C)Cl)c1ccccc1COc1cc(C)ccc1C. The highest BCUT2D eigenvalue weighted by Crippen LogP contribution is 2.22. The molecular weight excluding hydrogens is 408 g/mol. The standard InChI is InChI=1S/C22H25ClN2O5/c1-14-10-11-15(2)19(12-14)29-13-17-8-6-7-9-18(17)20(24-28-5)21(26)25(4)22(27)30-16(3)23/h6-12,16H,13H2,1-5H3/b24-20-. The van der Waals surface area contributed by atoms with Gasteiger partial charge in [0.15, 0.2) is 11.3 Å². The molecule has 0 N–H and O–H groups in total. The van der Waals surface area contributed by atoms with Crippen molar-refractivity contribution >= 4 is 29.3 Å². The van der Waals surface area contributed by atoms with Crippen LogP contribution in [-0.2, 0) is 21.0 Å². The lowest BCUT2D eigenvalue weighted by atomic mass is 10.0. The molecule has 2 aromatic rings. The number of carbonyl (C=O) groups is 2. The molecule has 2 rings (SSSR count). The summed E-state index contributed by atoms with van der Waals surface area (Å²) in [7, 11) is 2.60. The van der Waals surface area contributed by atoms with E-state index in [-0.39, 0.29) is 12.3 Å². The molecule has 0 spiro atoms. The third kappa shape index (κ3) is 5.97. The van der Waals surface area contributed by atoms with E-state index in [1.54, 1.807) is 12.1 Å². The lowest BCUT2D eigenvalue weighted by molar-refractivity contribution is -0.121. The molecule has 160 valence electrons. The second kappa shape index (κ2) is 10.6. The lowest BCUT2D eigenvalue weighted by Gasteiger charge is -2.18. The Hall–Kier alpha value is -3.06. The van der Waals surface area contributed by atoms with Crippen molar-refractivity contribution in [1.82, 2.24) is 4.90 Å². The normalized spacial score (nSPS) is 12.1. The molecule has 1 atom stereocenters. The zero-order chi connectivity index (χ0) is 22.3. The molecular formula is C22H25ClN2O5. The van der Waals surface area contributed by atoms with Crippen molar-refractivity contribution in [1.29, 1.82) is 0 Å². The minimum atomic E-state index is -0.893. The first-order valence-electron chi connectivity index (χ1n) is 9.26. The zero-order valence-electron chi connectivity index (χ0n) is 17.6. The van der Waals surface area contributed by atoms with E-state index in [0.29, 0.717) is 11.1 Å². The fourth-order valence-electron chi connectivity index (χ4n) is 2.65. The molecule has 0 aromatic heterocycles. The number of nitrogens with zero attached hydrogens (tertiary/aromatic N) is 2. The third-order valence-corrected chi connectivity index (χ3v) is 4.32. The molecule has 0 aliphatic heterocycles. The Bertz CT molecular complexity index is 943. The number of hydrogen-bond acceptors (Lipinski definition) is 6. The summed E-state index contributed by atoms with van der Waals surface area (Å²) in [6.07, 6.45) is -0.893. The highest BCUT2D eigenvalue weighted by Gasteiger charge is 2.27. The van der Waals surface area contributed by atoms with Crippen LogP contribution >= 0.6 is 11.6 Å². The van der Waals surface area contributed by atoms with E-state index < -0.39 is 17.6 Å². The summed E-state index contributed by atoms with van der Waals surface area (Å²) in [5, 5.41) is 3.85. The first kappa shape index (κ1) is 23.2. The van der Waals surface area contributed by atoms with Gasteiger partial charge in [-0.15, -0.1) is 0 Å². The maximum absolute atomic E-state index is 12.9. The van der Waals surface area contributed by atoms with E-state index in [9.17, 15) is 9.59 Å². The monoisotopic (exact) mass is 432 g/mol.